The Morgan fingerprint density at radius 1 is 1.36 bits per heavy atom. The predicted octanol–water partition coefficient (Wildman–Crippen LogP) is 1.87. The van der Waals surface area contributed by atoms with E-state index in [9.17, 15) is 0 Å². The van der Waals surface area contributed by atoms with Crippen LogP contribution in [0.1, 0.15) is 13.8 Å². The van der Waals surface area contributed by atoms with Crippen molar-refractivity contribution in [3.63, 3.8) is 0 Å². The zero-order valence-electron chi connectivity index (χ0n) is 6.41. The van der Waals surface area contributed by atoms with Crippen LogP contribution in [0, 0.1) is 3.83 Å². The fourth-order valence-corrected chi connectivity index (χ4v) is 0.912. The molecule has 0 aliphatic rings. The molecule has 0 saturated carbocycles. The van der Waals surface area contributed by atoms with Crippen LogP contribution in [0.3, 0.4) is 0 Å². The van der Waals surface area contributed by atoms with Crippen molar-refractivity contribution in [2.24, 2.45) is 0 Å². The van der Waals surface area contributed by atoms with Gasteiger partial charge in [0, 0.05) is 22.6 Å². The quantitative estimate of drug-likeness (QED) is 0.604. The van der Waals surface area contributed by atoms with Gasteiger partial charge in [-0.3, -0.25) is 0 Å². The number of hydrogen-bond donors (Lipinski definition) is 0. The van der Waals surface area contributed by atoms with E-state index < -0.39 is 0 Å². The third-order valence-corrected chi connectivity index (χ3v) is 1.53. The minimum Gasteiger partial charge on any atom is -0.488 e. The molecule has 11 heavy (non-hydrogen) atoms. The summed E-state index contributed by atoms with van der Waals surface area (Å²) in [6, 6.07) is 0. The Morgan fingerprint density at radius 2 is 1.91 bits per heavy atom. The number of halogens is 1. The largest absolute Gasteiger partial charge is 0.488 e. The molecular formula is C7H9IN2O. The summed E-state index contributed by atoms with van der Waals surface area (Å²) in [4.78, 5) is 7.97. The Bertz CT molecular complexity index is 222. The zero-order chi connectivity index (χ0) is 8.27. The smallest absolute Gasteiger partial charge is 0.190 e. The Kier molecular flexibility index (Phi) is 3.04. The van der Waals surface area contributed by atoms with Crippen LogP contribution in [-0.4, -0.2) is 16.1 Å². The van der Waals surface area contributed by atoms with E-state index in [0.717, 1.165) is 9.58 Å². The van der Waals surface area contributed by atoms with Crippen LogP contribution in [0.5, 0.6) is 5.75 Å². The maximum atomic E-state index is 5.34. The molecule has 0 radical (unpaired) electrons. The SMILES string of the molecule is CC(C)Oc1cnc(I)nc1. The first-order valence-electron chi connectivity index (χ1n) is 3.32. The lowest BCUT2D eigenvalue weighted by Gasteiger charge is -2.07. The molecule has 1 heterocycles. The highest BCUT2D eigenvalue weighted by Gasteiger charge is 1.97. The van der Waals surface area contributed by atoms with E-state index in [4.69, 9.17) is 4.74 Å². The van der Waals surface area contributed by atoms with E-state index in [1.54, 1.807) is 12.4 Å². The van der Waals surface area contributed by atoms with Gasteiger partial charge in [-0.15, -0.1) is 0 Å². The molecule has 0 unspecified atom stereocenters. The molecule has 60 valence electrons. The molecule has 0 saturated heterocycles. The molecule has 1 aromatic heterocycles. The standard InChI is InChI=1S/C7H9IN2O/c1-5(2)11-6-3-9-7(8)10-4-6/h3-5H,1-2H3. The van der Waals surface area contributed by atoms with Crippen molar-refractivity contribution in [2.45, 2.75) is 20.0 Å². The molecular weight excluding hydrogens is 255 g/mol. The van der Waals surface area contributed by atoms with Gasteiger partial charge >= 0.3 is 0 Å². The molecule has 0 spiro atoms. The summed E-state index contributed by atoms with van der Waals surface area (Å²) in [6.07, 6.45) is 3.53. The van der Waals surface area contributed by atoms with E-state index in [2.05, 4.69) is 32.6 Å². The predicted molar refractivity (Wildman–Crippen MR) is 50.5 cm³/mol. The molecule has 3 nitrogen and oxygen atoms in total. The highest BCUT2D eigenvalue weighted by Crippen LogP contribution is 2.08. The van der Waals surface area contributed by atoms with Gasteiger partial charge in [-0.25, -0.2) is 9.97 Å². The second-order valence-corrected chi connectivity index (χ2v) is 3.32. The Labute approximate surface area is 79.3 Å². The molecule has 0 N–H and O–H groups in total. The third-order valence-electron chi connectivity index (χ3n) is 0.968. The molecule has 4 heteroatoms. The molecule has 0 bridgehead atoms. The monoisotopic (exact) mass is 264 g/mol. The van der Waals surface area contributed by atoms with Crippen molar-refractivity contribution in [3.8, 4) is 5.75 Å². The van der Waals surface area contributed by atoms with Crippen LogP contribution >= 0.6 is 22.6 Å². The summed E-state index contributed by atoms with van der Waals surface area (Å²) in [5.41, 5.74) is 0. The molecule has 0 atom stereocenters. The van der Waals surface area contributed by atoms with Gasteiger partial charge < -0.3 is 4.74 Å². The lowest BCUT2D eigenvalue weighted by Crippen LogP contribution is -2.06. The Hall–Kier alpha value is -0.390. The van der Waals surface area contributed by atoms with Crippen molar-refractivity contribution < 1.29 is 4.74 Å². The summed E-state index contributed by atoms with van der Waals surface area (Å²) in [5, 5.41) is 0. The van der Waals surface area contributed by atoms with Crippen LogP contribution < -0.4 is 4.74 Å². The highest BCUT2D eigenvalue weighted by molar-refractivity contribution is 14.1. The average Bonchev–Trinajstić information content (AvgIpc) is 1.93. The first-order valence-corrected chi connectivity index (χ1v) is 4.40. The first-order chi connectivity index (χ1) is 5.18. The zero-order valence-corrected chi connectivity index (χ0v) is 8.57. The molecule has 1 rings (SSSR count). The summed E-state index contributed by atoms with van der Waals surface area (Å²) in [5.74, 6) is 0.723. The van der Waals surface area contributed by atoms with Gasteiger partial charge in [0.2, 0.25) is 0 Å². The van der Waals surface area contributed by atoms with Crippen molar-refractivity contribution in [3.05, 3.63) is 16.2 Å². The van der Waals surface area contributed by atoms with E-state index >= 15 is 0 Å². The normalized spacial score (nSPS) is 10.2. The van der Waals surface area contributed by atoms with Crippen LogP contribution in [0.2, 0.25) is 0 Å². The Balaban J connectivity index is 2.66. The van der Waals surface area contributed by atoms with E-state index in [-0.39, 0.29) is 6.10 Å². The summed E-state index contributed by atoms with van der Waals surface area (Å²) >= 11 is 2.05. The summed E-state index contributed by atoms with van der Waals surface area (Å²) in [6.45, 7) is 3.94. The van der Waals surface area contributed by atoms with E-state index in [1.807, 2.05) is 13.8 Å². The van der Waals surface area contributed by atoms with Crippen LogP contribution in [-0.2, 0) is 0 Å². The van der Waals surface area contributed by atoms with Crippen LogP contribution in [0.25, 0.3) is 0 Å². The van der Waals surface area contributed by atoms with Crippen LogP contribution in [0.4, 0.5) is 0 Å². The topological polar surface area (TPSA) is 35.0 Å². The molecule has 0 amide bonds. The van der Waals surface area contributed by atoms with Crippen molar-refractivity contribution in [1.29, 1.82) is 0 Å². The lowest BCUT2D eigenvalue weighted by molar-refractivity contribution is 0.240. The number of hydrogen-bond acceptors (Lipinski definition) is 3. The maximum absolute atomic E-state index is 5.34. The van der Waals surface area contributed by atoms with Crippen molar-refractivity contribution in [2.75, 3.05) is 0 Å². The maximum Gasteiger partial charge on any atom is 0.190 e. The van der Waals surface area contributed by atoms with Crippen molar-refractivity contribution in [1.82, 2.24) is 9.97 Å². The molecule has 1 aromatic rings. The molecule has 0 fully saturated rings. The summed E-state index contributed by atoms with van der Waals surface area (Å²) in [7, 11) is 0. The molecule has 0 aliphatic heterocycles. The van der Waals surface area contributed by atoms with Gasteiger partial charge in [0.05, 0.1) is 18.5 Å². The molecule has 0 aromatic carbocycles. The van der Waals surface area contributed by atoms with Gasteiger partial charge in [-0.2, -0.15) is 0 Å². The van der Waals surface area contributed by atoms with Gasteiger partial charge in [-0.1, -0.05) is 0 Å². The second-order valence-electron chi connectivity index (χ2n) is 2.35. The van der Waals surface area contributed by atoms with E-state index in [0.29, 0.717) is 0 Å². The number of aromatic nitrogens is 2. The lowest BCUT2D eigenvalue weighted by atomic mass is 10.5. The Morgan fingerprint density at radius 3 is 2.36 bits per heavy atom. The van der Waals surface area contributed by atoms with Crippen LogP contribution in [0.15, 0.2) is 12.4 Å². The number of ether oxygens (including phenoxy) is 1. The van der Waals surface area contributed by atoms with Gasteiger partial charge in [-0.05, 0) is 13.8 Å². The van der Waals surface area contributed by atoms with Crippen molar-refractivity contribution >= 4 is 22.6 Å². The first kappa shape index (κ1) is 8.70. The average molecular weight is 264 g/mol. The van der Waals surface area contributed by atoms with Gasteiger partial charge in [0.1, 0.15) is 0 Å². The second kappa shape index (κ2) is 3.85. The fourth-order valence-electron chi connectivity index (χ4n) is 0.633. The highest BCUT2D eigenvalue weighted by atomic mass is 127. The fraction of sp³-hybridized carbons (Fsp3) is 0.429. The van der Waals surface area contributed by atoms with Gasteiger partial charge in [0.25, 0.3) is 0 Å². The third kappa shape index (κ3) is 3.00. The van der Waals surface area contributed by atoms with Gasteiger partial charge in [0.15, 0.2) is 9.58 Å². The number of rotatable bonds is 2. The minimum absolute atomic E-state index is 0.179. The number of nitrogens with zero attached hydrogens (tertiary/aromatic N) is 2. The molecule has 0 aliphatic carbocycles. The van der Waals surface area contributed by atoms with E-state index in [1.165, 1.54) is 0 Å². The summed E-state index contributed by atoms with van der Waals surface area (Å²) < 4.78 is 6.08. The minimum atomic E-state index is 0.179.